The Labute approximate surface area is 185 Å². The molecule has 1 saturated carbocycles. The van der Waals surface area contributed by atoms with E-state index in [1.54, 1.807) is 18.2 Å². The molecule has 10 heteroatoms. The molecule has 8 nitrogen and oxygen atoms in total. The first-order chi connectivity index (χ1) is 15.4. The lowest BCUT2D eigenvalue weighted by Crippen LogP contribution is -2.49. The number of benzene rings is 2. The molecule has 3 aromatic rings. The van der Waals surface area contributed by atoms with Crippen molar-refractivity contribution < 1.29 is 12.8 Å². The zero-order valence-electron chi connectivity index (χ0n) is 17.2. The fourth-order valence-corrected chi connectivity index (χ4v) is 5.22. The van der Waals surface area contributed by atoms with E-state index in [1.807, 2.05) is 4.90 Å². The summed E-state index contributed by atoms with van der Waals surface area (Å²) in [4.78, 5) is 11.5. The molecule has 1 aliphatic heterocycles. The van der Waals surface area contributed by atoms with Gasteiger partial charge in [-0.25, -0.2) is 22.8 Å². The van der Waals surface area contributed by atoms with Gasteiger partial charge in [-0.2, -0.15) is 9.57 Å². The Morgan fingerprint density at radius 1 is 1.03 bits per heavy atom. The maximum atomic E-state index is 13.6. The SMILES string of the molecule is N#Cc1ccc2nc(NC3CC3)c(N3CCN(S(=O)(=O)c4cccc(F)c4)CC3)nc2c1. The normalized spacial score (nSPS) is 17.3. The van der Waals surface area contributed by atoms with E-state index in [9.17, 15) is 18.1 Å². The number of fused-ring (bicyclic) bond motifs is 1. The maximum Gasteiger partial charge on any atom is 0.243 e. The van der Waals surface area contributed by atoms with Crippen LogP contribution in [0.25, 0.3) is 11.0 Å². The average Bonchev–Trinajstić information content (AvgIpc) is 3.62. The van der Waals surface area contributed by atoms with E-state index >= 15 is 0 Å². The van der Waals surface area contributed by atoms with Gasteiger partial charge >= 0.3 is 0 Å². The number of hydrogen-bond donors (Lipinski definition) is 1. The topological polar surface area (TPSA) is 102 Å². The van der Waals surface area contributed by atoms with Crippen LogP contribution in [0.3, 0.4) is 0 Å². The standard InChI is InChI=1S/C22H21FN6O2S/c23-16-2-1-3-18(13-16)32(30,31)29-10-8-28(9-11-29)22-21(25-17-5-6-17)26-19-7-4-15(14-24)12-20(19)27-22/h1-4,7,12-13,17H,5-6,8-11H2,(H,25,26). The minimum absolute atomic E-state index is 0.0448. The molecule has 0 amide bonds. The molecule has 2 aromatic carbocycles. The molecule has 0 bridgehead atoms. The predicted molar refractivity (Wildman–Crippen MR) is 118 cm³/mol. The monoisotopic (exact) mass is 452 g/mol. The van der Waals surface area contributed by atoms with E-state index in [2.05, 4.69) is 11.4 Å². The van der Waals surface area contributed by atoms with Gasteiger partial charge in [0.25, 0.3) is 0 Å². The van der Waals surface area contributed by atoms with Gasteiger partial charge in [0.2, 0.25) is 10.0 Å². The van der Waals surface area contributed by atoms with Gasteiger partial charge in [0.05, 0.1) is 27.6 Å². The molecule has 0 unspecified atom stereocenters. The van der Waals surface area contributed by atoms with Gasteiger partial charge in [-0.3, -0.25) is 0 Å². The highest BCUT2D eigenvalue weighted by Crippen LogP contribution is 2.32. The quantitative estimate of drug-likeness (QED) is 0.635. The number of rotatable bonds is 5. The zero-order valence-corrected chi connectivity index (χ0v) is 18.0. The van der Waals surface area contributed by atoms with E-state index in [1.165, 1.54) is 22.5 Å². The molecule has 2 aliphatic rings. The predicted octanol–water partition coefficient (Wildman–Crippen LogP) is 2.73. The highest BCUT2D eigenvalue weighted by molar-refractivity contribution is 7.89. The molecule has 32 heavy (non-hydrogen) atoms. The molecule has 5 rings (SSSR count). The summed E-state index contributed by atoms with van der Waals surface area (Å²) in [5.41, 5.74) is 1.82. The molecular formula is C22H21FN6O2S. The van der Waals surface area contributed by atoms with Gasteiger partial charge < -0.3 is 10.2 Å². The Morgan fingerprint density at radius 3 is 2.50 bits per heavy atom. The third-order valence-electron chi connectivity index (χ3n) is 5.67. The number of anilines is 2. The zero-order chi connectivity index (χ0) is 22.3. The summed E-state index contributed by atoms with van der Waals surface area (Å²) in [6.45, 7) is 1.34. The van der Waals surface area contributed by atoms with Crippen molar-refractivity contribution in [1.82, 2.24) is 14.3 Å². The number of nitrogens with one attached hydrogen (secondary N) is 1. The van der Waals surface area contributed by atoms with Crippen LogP contribution in [-0.2, 0) is 10.0 Å². The summed E-state index contributed by atoms with van der Waals surface area (Å²) in [5, 5.41) is 12.6. The van der Waals surface area contributed by atoms with Crippen molar-refractivity contribution in [2.45, 2.75) is 23.8 Å². The Balaban J connectivity index is 1.42. The molecule has 0 radical (unpaired) electrons. The molecule has 0 atom stereocenters. The lowest BCUT2D eigenvalue weighted by molar-refractivity contribution is 0.383. The Morgan fingerprint density at radius 2 is 1.81 bits per heavy atom. The lowest BCUT2D eigenvalue weighted by atomic mass is 10.2. The molecule has 164 valence electrons. The Hall–Kier alpha value is -3.29. The van der Waals surface area contributed by atoms with Crippen LogP contribution in [0.1, 0.15) is 18.4 Å². The minimum Gasteiger partial charge on any atom is -0.364 e. The molecule has 0 spiro atoms. The summed E-state index contributed by atoms with van der Waals surface area (Å²) in [6, 6.07) is 12.8. The van der Waals surface area contributed by atoms with E-state index in [0.717, 1.165) is 18.9 Å². The second kappa shape index (κ2) is 8.00. The van der Waals surface area contributed by atoms with Crippen LogP contribution < -0.4 is 10.2 Å². The van der Waals surface area contributed by atoms with Gasteiger partial charge in [0.1, 0.15) is 5.82 Å². The maximum absolute atomic E-state index is 13.6. The number of halogens is 1. The van der Waals surface area contributed by atoms with E-state index in [0.29, 0.717) is 47.4 Å². The first-order valence-electron chi connectivity index (χ1n) is 10.4. The minimum atomic E-state index is -3.77. The number of hydrogen-bond acceptors (Lipinski definition) is 7. The molecular weight excluding hydrogens is 431 g/mol. The van der Waals surface area contributed by atoms with Gasteiger partial charge in [-0.15, -0.1) is 0 Å². The second-order valence-corrected chi connectivity index (χ2v) is 9.92. The highest BCUT2D eigenvalue weighted by atomic mass is 32.2. The van der Waals surface area contributed by atoms with Crippen molar-refractivity contribution >= 4 is 32.7 Å². The van der Waals surface area contributed by atoms with Gasteiger partial charge in [-0.05, 0) is 49.2 Å². The molecule has 1 aliphatic carbocycles. The van der Waals surface area contributed by atoms with Crippen molar-refractivity contribution in [2.24, 2.45) is 0 Å². The third-order valence-corrected chi connectivity index (χ3v) is 7.56. The van der Waals surface area contributed by atoms with Crippen molar-refractivity contribution in [3.63, 3.8) is 0 Å². The number of nitriles is 1. The van der Waals surface area contributed by atoms with Crippen molar-refractivity contribution in [3.05, 3.63) is 53.8 Å². The van der Waals surface area contributed by atoms with Crippen molar-refractivity contribution in [2.75, 3.05) is 36.4 Å². The Kier molecular flexibility index (Phi) is 5.15. The van der Waals surface area contributed by atoms with Crippen LogP contribution >= 0.6 is 0 Å². The summed E-state index contributed by atoms with van der Waals surface area (Å²) < 4.78 is 40.8. The van der Waals surface area contributed by atoms with Crippen LogP contribution in [0, 0.1) is 17.1 Å². The summed E-state index contributed by atoms with van der Waals surface area (Å²) in [5.74, 6) is 0.747. The summed E-state index contributed by atoms with van der Waals surface area (Å²) in [7, 11) is -3.77. The molecule has 1 N–H and O–H groups in total. The number of nitrogens with zero attached hydrogens (tertiary/aromatic N) is 5. The smallest absolute Gasteiger partial charge is 0.243 e. The largest absolute Gasteiger partial charge is 0.364 e. The van der Waals surface area contributed by atoms with E-state index < -0.39 is 15.8 Å². The van der Waals surface area contributed by atoms with Gasteiger partial charge in [-0.1, -0.05) is 6.07 Å². The van der Waals surface area contributed by atoms with Crippen LogP contribution in [-0.4, -0.2) is 54.9 Å². The van der Waals surface area contributed by atoms with Crippen molar-refractivity contribution in [1.29, 1.82) is 5.26 Å². The number of aromatic nitrogens is 2. The van der Waals surface area contributed by atoms with Gasteiger partial charge in [0, 0.05) is 32.2 Å². The molecule has 2 heterocycles. The third kappa shape index (κ3) is 3.97. The Bertz CT molecular complexity index is 1330. The lowest BCUT2D eigenvalue weighted by Gasteiger charge is -2.35. The first kappa shape index (κ1) is 20.6. The second-order valence-electron chi connectivity index (χ2n) is 7.98. The number of sulfonamides is 1. The number of piperazine rings is 1. The van der Waals surface area contributed by atoms with Crippen LogP contribution in [0.4, 0.5) is 16.0 Å². The highest BCUT2D eigenvalue weighted by Gasteiger charge is 2.31. The summed E-state index contributed by atoms with van der Waals surface area (Å²) in [6.07, 6.45) is 2.15. The van der Waals surface area contributed by atoms with Crippen LogP contribution in [0.15, 0.2) is 47.4 Å². The van der Waals surface area contributed by atoms with E-state index in [-0.39, 0.29) is 18.0 Å². The molecule has 2 fully saturated rings. The van der Waals surface area contributed by atoms with E-state index in [4.69, 9.17) is 9.97 Å². The molecule has 1 saturated heterocycles. The molecule has 1 aromatic heterocycles. The van der Waals surface area contributed by atoms with Crippen LogP contribution in [0.2, 0.25) is 0 Å². The average molecular weight is 453 g/mol. The fourth-order valence-electron chi connectivity index (χ4n) is 3.77. The van der Waals surface area contributed by atoms with Crippen molar-refractivity contribution in [3.8, 4) is 6.07 Å². The van der Waals surface area contributed by atoms with Crippen LogP contribution in [0.5, 0.6) is 0 Å². The van der Waals surface area contributed by atoms with Gasteiger partial charge in [0.15, 0.2) is 11.6 Å². The first-order valence-corrected chi connectivity index (χ1v) is 11.9. The summed E-state index contributed by atoms with van der Waals surface area (Å²) >= 11 is 0. The fraction of sp³-hybridized carbons (Fsp3) is 0.318.